The molecule has 1 aromatic carbocycles. The molecule has 3 nitrogen and oxygen atoms in total. The number of rotatable bonds is 5. The van der Waals surface area contributed by atoms with E-state index in [-0.39, 0.29) is 5.56 Å². The summed E-state index contributed by atoms with van der Waals surface area (Å²) in [5.74, 6) is -4.67. The van der Waals surface area contributed by atoms with Gasteiger partial charge in [0.1, 0.15) is 0 Å². The van der Waals surface area contributed by atoms with E-state index in [2.05, 4.69) is 5.32 Å². The molecule has 116 valence electrons. The van der Waals surface area contributed by atoms with E-state index in [4.69, 9.17) is 5.11 Å². The highest BCUT2D eigenvalue weighted by Gasteiger charge is 2.31. The van der Waals surface area contributed by atoms with E-state index in [0.29, 0.717) is 31.4 Å². The minimum atomic E-state index is -1.45. The third-order valence-corrected chi connectivity index (χ3v) is 4.06. The van der Waals surface area contributed by atoms with E-state index < -0.39 is 34.9 Å². The Labute approximate surface area is 121 Å². The molecule has 0 aliphatic heterocycles. The molecule has 0 heterocycles. The monoisotopic (exact) mass is 301 g/mol. The zero-order chi connectivity index (χ0) is 15.8. The first-order valence-corrected chi connectivity index (χ1v) is 6.87. The van der Waals surface area contributed by atoms with Gasteiger partial charge in [0.2, 0.25) is 0 Å². The fourth-order valence-electron chi connectivity index (χ4n) is 2.56. The van der Waals surface area contributed by atoms with Crippen molar-refractivity contribution in [2.24, 2.45) is 5.41 Å². The molecule has 1 aliphatic carbocycles. The van der Waals surface area contributed by atoms with Crippen LogP contribution in [0.1, 0.15) is 43.9 Å². The van der Waals surface area contributed by atoms with Gasteiger partial charge in [-0.3, -0.25) is 4.79 Å². The van der Waals surface area contributed by atoms with E-state index in [1.807, 2.05) is 0 Å². The predicted molar refractivity (Wildman–Crippen MR) is 71.4 cm³/mol. The van der Waals surface area contributed by atoms with Crippen LogP contribution in [0.5, 0.6) is 0 Å². The van der Waals surface area contributed by atoms with Crippen molar-refractivity contribution in [2.45, 2.75) is 39.2 Å². The van der Waals surface area contributed by atoms with Crippen molar-refractivity contribution in [3.8, 4) is 0 Å². The fraction of sp³-hybridized carbons (Fsp3) is 0.533. The van der Waals surface area contributed by atoms with Crippen LogP contribution in [-0.4, -0.2) is 17.6 Å². The number of carbonyl (C=O) groups is 1. The molecule has 0 spiro atoms. The fourth-order valence-corrected chi connectivity index (χ4v) is 2.56. The smallest absolute Gasteiger partial charge is 0.309 e. The van der Waals surface area contributed by atoms with Gasteiger partial charge in [-0.2, -0.15) is 0 Å². The lowest BCUT2D eigenvalue weighted by molar-refractivity contribution is -0.147. The number of hydrogen-bond donors (Lipinski definition) is 2. The highest BCUT2D eigenvalue weighted by molar-refractivity contribution is 5.73. The lowest BCUT2D eigenvalue weighted by atomic mass is 9.89. The third kappa shape index (κ3) is 3.05. The van der Waals surface area contributed by atoms with Gasteiger partial charge < -0.3 is 10.4 Å². The van der Waals surface area contributed by atoms with Crippen molar-refractivity contribution in [3.05, 3.63) is 34.6 Å². The molecular weight excluding hydrogens is 283 g/mol. The first-order chi connectivity index (χ1) is 9.74. The maximum absolute atomic E-state index is 13.9. The molecule has 0 radical (unpaired) electrons. The average molecular weight is 301 g/mol. The van der Waals surface area contributed by atoms with Gasteiger partial charge in [-0.25, -0.2) is 13.2 Å². The minimum absolute atomic E-state index is 0.169. The van der Waals surface area contributed by atoms with Crippen molar-refractivity contribution in [3.63, 3.8) is 0 Å². The Bertz CT molecular complexity index is 573. The van der Waals surface area contributed by atoms with Crippen LogP contribution in [0.25, 0.3) is 0 Å². The molecule has 2 rings (SSSR count). The van der Waals surface area contributed by atoms with Gasteiger partial charge in [-0.15, -0.1) is 0 Å². The van der Waals surface area contributed by atoms with Crippen LogP contribution in [0.4, 0.5) is 13.2 Å². The number of benzene rings is 1. The molecule has 1 unspecified atom stereocenters. The summed E-state index contributed by atoms with van der Waals surface area (Å²) in [6, 6.07) is 0.635. The van der Waals surface area contributed by atoms with Gasteiger partial charge in [0, 0.05) is 11.6 Å². The molecule has 0 saturated carbocycles. The minimum Gasteiger partial charge on any atom is -0.481 e. The summed E-state index contributed by atoms with van der Waals surface area (Å²) in [4.78, 5) is 11.0. The number of aliphatic carboxylic acids is 1. The van der Waals surface area contributed by atoms with Crippen molar-refractivity contribution < 1.29 is 23.1 Å². The molecule has 0 aromatic heterocycles. The number of aryl methyl sites for hydroxylation is 1. The quantitative estimate of drug-likeness (QED) is 0.821. The number of halogens is 3. The van der Waals surface area contributed by atoms with Gasteiger partial charge in [-0.1, -0.05) is 0 Å². The summed E-state index contributed by atoms with van der Waals surface area (Å²) in [5.41, 5.74) is -0.246. The van der Waals surface area contributed by atoms with Crippen LogP contribution in [-0.2, 0) is 11.2 Å². The number of nitrogens with one attached hydrogen (secondary N) is 1. The number of fused-ring (bicyclic) bond motifs is 1. The number of carboxylic acid groups (broad SMARTS) is 1. The summed E-state index contributed by atoms with van der Waals surface area (Å²) in [6.07, 6.45) is 1.38. The maximum atomic E-state index is 13.9. The van der Waals surface area contributed by atoms with Gasteiger partial charge in [0.05, 0.1) is 5.41 Å². The van der Waals surface area contributed by atoms with Crippen LogP contribution >= 0.6 is 0 Å². The Morgan fingerprint density at radius 3 is 2.67 bits per heavy atom. The molecule has 2 N–H and O–H groups in total. The Balaban J connectivity index is 2.07. The average Bonchev–Trinajstić information content (AvgIpc) is 2.79. The molecule has 0 fully saturated rings. The van der Waals surface area contributed by atoms with E-state index in [1.54, 1.807) is 13.8 Å². The van der Waals surface area contributed by atoms with E-state index in [0.717, 1.165) is 6.07 Å². The SMILES string of the molecule is CC(C)(CCNC1CCc2cc(F)c(F)c(F)c21)C(=O)O. The highest BCUT2D eigenvalue weighted by atomic mass is 19.2. The standard InChI is InChI=1S/C15H18F3NO2/c1-15(2,14(20)21)5-6-19-10-4-3-8-7-9(16)12(17)13(18)11(8)10/h7,10,19H,3-6H2,1-2H3,(H,20,21). The highest BCUT2D eigenvalue weighted by Crippen LogP contribution is 2.35. The lowest BCUT2D eigenvalue weighted by Gasteiger charge is -2.21. The Hall–Kier alpha value is -1.56. The molecule has 21 heavy (non-hydrogen) atoms. The zero-order valence-corrected chi connectivity index (χ0v) is 12.0. The number of hydrogen-bond acceptors (Lipinski definition) is 2. The van der Waals surface area contributed by atoms with Crippen molar-refractivity contribution in [1.29, 1.82) is 0 Å². The molecule has 0 saturated heterocycles. The molecule has 1 aliphatic rings. The number of carboxylic acids is 1. The second kappa shape index (κ2) is 5.67. The van der Waals surface area contributed by atoms with Gasteiger partial charge in [0.15, 0.2) is 17.5 Å². The third-order valence-electron chi connectivity index (χ3n) is 4.06. The first kappa shape index (κ1) is 15.8. The Morgan fingerprint density at radius 1 is 1.38 bits per heavy atom. The first-order valence-electron chi connectivity index (χ1n) is 6.87. The molecule has 1 aromatic rings. The maximum Gasteiger partial charge on any atom is 0.309 e. The summed E-state index contributed by atoms with van der Waals surface area (Å²) >= 11 is 0. The Morgan fingerprint density at radius 2 is 2.05 bits per heavy atom. The van der Waals surface area contributed by atoms with Crippen molar-refractivity contribution in [2.75, 3.05) is 6.54 Å². The van der Waals surface area contributed by atoms with Crippen molar-refractivity contribution >= 4 is 5.97 Å². The van der Waals surface area contributed by atoms with Crippen LogP contribution in [0.3, 0.4) is 0 Å². The van der Waals surface area contributed by atoms with Crippen LogP contribution in [0.15, 0.2) is 6.07 Å². The van der Waals surface area contributed by atoms with E-state index in [9.17, 15) is 18.0 Å². The molecule has 6 heteroatoms. The second-order valence-electron chi connectivity index (χ2n) is 6.04. The van der Waals surface area contributed by atoms with Gasteiger partial charge in [0.25, 0.3) is 0 Å². The molecule has 0 amide bonds. The van der Waals surface area contributed by atoms with Crippen LogP contribution in [0, 0.1) is 22.9 Å². The molecule has 1 atom stereocenters. The summed E-state index contributed by atoms with van der Waals surface area (Å²) in [6.45, 7) is 3.58. The van der Waals surface area contributed by atoms with Gasteiger partial charge in [-0.05, 0) is 51.3 Å². The summed E-state index contributed by atoms with van der Waals surface area (Å²) < 4.78 is 40.3. The largest absolute Gasteiger partial charge is 0.481 e. The molecule has 0 bridgehead atoms. The van der Waals surface area contributed by atoms with Crippen LogP contribution < -0.4 is 5.32 Å². The lowest BCUT2D eigenvalue weighted by Crippen LogP contribution is -2.30. The molecular formula is C15H18F3NO2. The zero-order valence-electron chi connectivity index (χ0n) is 12.0. The summed E-state index contributed by atoms with van der Waals surface area (Å²) in [7, 11) is 0. The van der Waals surface area contributed by atoms with Gasteiger partial charge >= 0.3 is 5.97 Å². The second-order valence-corrected chi connectivity index (χ2v) is 6.04. The van der Waals surface area contributed by atoms with Crippen molar-refractivity contribution in [1.82, 2.24) is 5.32 Å². The topological polar surface area (TPSA) is 49.3 Å². The summed E-state index contributed by atoms with van der Waals surface area (Å²) in [5, 5.41) is 12.1. The van der Waals surface area contributed by atoms with E-state index in [1.165, 1.54) is 0 Å². The predicted octanol–water partition coefficient (Wildman–Crippen LogP) is 3.18. The Kier molecular flexibility index (Phi) is 4.27. The van der Waals surface area contributed by atoms with E-state index >= 15 is 0 Å². The normalized spacial score (nSPS) is 17.9. The van der Waals surface area contributed by atoms with Crippen LogP contribution in [0.2, 0.25) is 0 Å².